The van der Waals surface area contributed by atoms with Gasteiger partial charge < -0.3 is 14.9 Å². The molecule has 4 heteroatoms. The molecule has 0 unspecified atom stereocenters. The fourth-order valence-electron chi connectivity index (χ4n) is 2.70. The molecule has 1 saturated carbocycles. The van der Waals surface area contributed by atoms with Gasteiger partial charge in [-0.3, -0.25) is 0 Å². The summed E-state index contributed by atoms with van der Waals surface area (Å²) in [6.45, 7) is 2.23. The fourth-order valence-corrected chi connectivity index (χ4v) is 2.70. The Labute approximate surface area is 119 Å². The third kappa shape index (κ3) is 2.70. The van der Waals surface area contributed by atoms with Crippen LogP contribution in [0.3, 0.4) is 0 Å². The predicted octanol–water partition coefficient (Wildman–Crippen LogP) is 3.43. The van der Waals surface area contributed by atoms with Crippen molar-refractivity contribution < 1.29 is 9.15 Å². The molecule has 0 spiro atoms. The molecular formula is C16H20N2O2. The highest BCUT2D eigenvalue weighted by molar-refractivity contribution is 5.61. The first-order valence-corrected chi connectivity index (χ1v) is 7.19. The van der Waals surface area contributed by atoms with Crippen molar-refractivity contribution >= 4 is 0 Å². The van der Waals surface area contributed by atoms with Crippen LogP contribution in [-0.4, -0.2) is 11.1 Å². The van der Waals surface area contributed by atoms with Crippen molar-refractivity contribution in [2.45, 2.75) is 45.3 Å². The maximum absolute atomic E-state index is 5.96. The molecule has 1 aromatic heterocycles. The summed E-state index contributed by atoms with van der Waals surface area (Å²) in [5.74, 6) is 2.31. The highest BCUT2D eigenvalue weighted by atomic mass is 16.5. The maximum atomic E-state index is 5.96. The number of aromatic nitrogens is 1. The molecule has 1 aliphatic rings. The monoisotopic (exact) mass is 272 g/mol. The molecule has 0 amide bonds. The molecule has 0 saturated heterocycles. The first-order chi connectivity index (χ1) is 9.76. The Hall–Kier alpha value is -1.81. The number of oxazole rings is 1. The Morgan fingerprint density at radius 2 is 1.95 bits per heavy atom. The van der Waals surface area contributed by atoms with Gasteiger partial charge in [0.2, 0.25) is 5.89 Å². The third-order valence-electron chi connectivity index (χ3n) is 3.75. The van der Waals surface area contributed by atoms with Crippen molar-refractivity contribution in [2.24, 2.45) is 5.73 Å². The summed E-state index contributed by atoms with van der Waals surface area (Å²) in [6.07, 6.45) is 5.29. The molecule has 0 aliphatic heterocycles. The van der Waals surface area contributed by atoms with Gasteiger partial charge in [0.25, 0.3) is 0 Å². The SMILES string of the molecule is Cc1oc(CN)nc1-c1ccc(OC2CCCC2)cc1. The highest BCUT2D eigenvalue weighted by Gasteiger charge is 2.16. The van der Waals surface area contributed by atoms with E-state index in [1.807, 2.05) is 31.2 Å². The largest absolute Gasteiger partial charge is 0.490 e. The molecule has 1 fully saturated rings. The first-order valence-electron chi connectivity index (χ1n) is 7.19. The number of rotatable bonds is 4. The van der Waals surface area contributed by atoms with Gasteiger partial charge in [-0.1, -0.05) is 0 Å². The Morgan fingerprint density at radius 3 is 2.55 bits per heavy atom. The van der Waals surface area contributed by atoms with E-state index in [9.17, 15) is 0 Å². The number of benzene rings is 1. The average molecular weight is 272 g/mol. The van der Waals surface area contributed by atoms with Gasteiger partial charge in [0.05, 0.1) is 12.6 Å². The van der Waals surface area contributed by atoms with Crippen LogP contribution >= 0.6 is 0 Å². The van der Waals surface area contributed by atoms with Crippen LogP contribution in [0.15, 0.2) is 28.7 Å². The van der Waals surface area contributed by atoms with Crippen molar-refractivity contribution in [3.63, 3.8) is 0 Å². The van der Waals surface area contributed by atoms with Crippen molar-refractivity contribution in [1.82, 2.24) is 4.98 Å². The summed E-state index contributed by atoms with van der Waals surface area (Å²) >= 11 is 0. The minimum atomic E-state index is 0.323. The second-order valence-electron chi connectivity index (χ2n) is 5.27. The van der Waals surface area contributed by atoms with Crippen LogP contribution in [0.25, 0.3) is 11.3 Å². The van der Waals surface area contributed by atoms with Crippen molar-refractivity contribution in [3.05, 3.63) is 35.9 Å². The zero-order chi connectivity index (χ0) is 13.9. The second kappa shape index (κ2) is 5.67. The van der Waals surface area contributed by atoms with Crippen LogP contribution in [0.4, 0.5) is 0 Å². The maximum Gasteiger partial charge on any atom is 0.208 e. The van der Waals surface area contributed by atoms with E-state index >= 15 is 0 Å². The van der Waals surface area contributed by atoms with Crippen LogP contribution in [0.2, 0.25) is 0 Å². The van der Waals surface area contributed by atoms with Crippen LogP contribution in [0.1, 0.15) is 37.3 Å². The van der Waals surface area contributed by atoms with Crippen LogP contribution in [0.5, 0.6) is 5.75 Å². The first kappa shape index (κ1) is 13.2. The van der Waals surface area contributed by atoms with E-state index in [1.165, 1.54) is 25.7 Å². The van der Waals surface area contributed by atoms with Crippen LogP contribution in [-0.2, 0) is 6.54 Å². The summed E-state index contributed by atoms with van der Waals surface area (Å²) < 4.78 is 11.4. The predicted molar refractivity (Wildman–Crippen MR) is 77.5 cm³/mol. The second-order valence-corrected chi connectivity index (χ2v) is 5.27. The van der Waals surface area contributed by atoms with Gasteiger partial charge in [-0.15, -0.1) is 0 Å². The molecular weight excluding hydrogens is 252 g/mol. The van der Waals surface area contributed by atoms with Gasteiger partial charge in [-0.05, 0) is 56.9 Å². The molecule has 1 heterocycles. The van der Waals surface area contributed by atoms with Crippen molar-refractivity contribution in [2.75, 3.05) is 0 Å². The number of hydrogen-bond acceptors (Lipinski definition) is 4. The molecule has 0 atom stereocenters. The molecule has 2 aromatic rings. The Kier molecular flexibility index (Phi) is 3.74. The van der Waals surface area contributed by atoms with E-state index in [0.717, 1.165) is 22.8 Å². The summed E-state index contributed by atoms with van der Waals surface area (Å²) in [6, 6.07) is 8.05. The topological polar surface area (TPSA) is 61.3 Å². The molecule has 0 radical (unpaired) electrons. The minimum absolute atomic E-state index is 0.323. The number of ether oxygens (including phenoxy) is 1. The lowest BCUT2D eigenvalue weighted by Crippen LogP contribution is -2.10. The molecule has 3 rings (SSSR count). The highest BCUT2D eigenvalue weighted by Crippen LogP contribution is 2.28. The zero-order valence-electron chi connectivity index (χ0n) is 11.8. The smallest absolute Gasteiger partial charge is 0.208 e. The van der Waals surface area contributed by atoms with Gasteiger partial charge in [-0.2, -0.15) is 0 Å². The van der Waals surface area contributed by atoms with Gasteiger partial charge >= 0.3 is 0 Å². The molecule has 2 N–H and O–H groups in total. The minimum Gasteiger partial charge on any atom is -0.490 e. The normalized spacial score (nSPS) is 15.7. The lowest BCUT2D eigenvalue weighted by Gasteiger charge is -2.13. The van der Waals surface area contributed by atoms with Crippen molar-refractivity contribution in [1.29, 1.82) is 0 Å². The molecule has 106 valence electrons. The molecule has 20 heavy (non-hydrogen) atoms. The van der Waals surface area contributed by atoms with E-state index in [0.29, 0.717) is 18.5 Å². The summed E-state index contributed by atoms with van der Waals surface area (Å²) in [4.78, 5) is 4.40. The van der Waals surface area contributed by atoms with Crippen molar-refractivity contribution in [3.8, 4) is 17.0 Å². The standard InChI is InChI=1S/C16H20N2O2/c1-11-16(18-15(10-17)19-11)12-6-8-14(9-7-12)20-13-4-2-3-5-13/h6-9,13H,2-5,10,17H2,1H3. The quantitative estimate of drug-likeness (QED) is 0.926. The molecule has 0 bridgehead atoms. The number of nitrogens with two attached hydrogens (primary N) is 1. The lowest BCUT2D eigenvalue weighted by molar-refractivity contribution is 0.210. The molecule has 1 aromatic carbocycles. The third-order valence-corrected chi connectivity index (χ3v) is 3.75. The number of aryl methyl sites for hydroxylation is 1. The van der Waals surface area contributed by atoms with E-state index in [1.54, 1.807) is 0 Å². The lowest BCUT2D eigenvalue weighted by atomic mass is 10.1. The summed E-state index contributed by atoms with van der Waals surface area (Å²) in [5, 5.41) is 0. The molecule has 4 nitrogen and oxygen atoms in total. The zero-order valence-corrected chi connectivity index (χ0v) is 11.8. The van der Waals surface area contributed by atoms with Gasteiger partial charge in [0.1, 0.15) is 17.2 Å². The average Bonchev–Trinajstić information content (AvgIpc) is 3.09. The summed E-state index contributed by atoms with van der Waals surface area (Å²) in [7, 11) is 0. The van der Waals surface area contributed by atoms with Gasteiger partial charge in [0, 0.05) is 5.56 Å². The van der Waals surface area contributed by atoms with Crippen LogP contribution in [0, 0.1) is 6.92 Å². The van der Waals surface area contributed by atoms with E-state index in [2.05, 4.69) is 4.98 Å². The Morgan fingerprint density at radius 1 is 1.25 bits per heavy atom. The fraction of sp³-hybridized carbons (Fsp3) is 0.438. The Balaban J connectivity index is 1.76. The number of nitrogens with zero attached hydrogens (tertiary/aromatic N) is 1. The van der Waals surface area contributed by atoms with E-state index in [4.69, 9.17) is 14.9 Å². The molecule has 1 aliphatic carbocycles. The number of hydrogen-bond donors (Lipinski definition) is 1. The van der Waals surface area contributed by atoms with Gasteiger partial charge in [-0.25, -0.2) is 4.98 Å². The van der Waals surface area contributed by atoms with E-state index < -0.39 is 0 Å². The Bertz CT molecular complexity index is 569. The summed E-state index contributed by atoms with van der Waals surface area (Å²) in [5.41, 5.74) is 7.44. The van der Waals surface area contributed by atoms with E-state index in [-0.39, 0.29) is 0 Å². The van der Waals surface area contributed by atoms with Gasteiger partial charge in [0.15, 0.2) is 0 Å². The van der Waals surface area contributed by atoms with Crippen LogP contribution < -0.4 is 10.5 Å².